The Morgan fingerprint density at radius 3 is 1.11 bits per heavy atom. The van der Waals surface area contributed by atoms with Crippen LogP contribution in [0.4, 0.5) is 0 Å². The first kappa shape index (κ1) is 44.5. The van der Waals surface area contributed by atoms with Crippen molar-refractivity contribution in [1.29, 1.82) is 0 Å². The topological polar surface area (TPSA) is 159 Å². The van der Waals surface area contributed by atoms with Crippen LogP contribution in [-0.2, 0) is 57.0 Å². The van der Waals surface area contributed by atoms with Crippen molar-refractivity contribution in [2.45, 2.75) is 58.3 Å². The van der Waals surface area contributed by atoms with Gasteiger partial charge in [-0.15, -0.1) is 0 Å². The molecule has 0 aromatic heterocycles. The molecule has 0 aromatic rings. The van der Waals surface area contributed by atoms with E-state index in [1.165, 1.54) is 44.9 Å². The van der Waals surface area contributed by atoms with Gasteiger partial charge in [0.15, 0.2) is 0 Å². The number of nitrogens with one attached hydrogen (secondary N) is 1. The molecule has 274 valence electrons. The lowest BCUT2D eigenvalue weighted by molar-refractivity contribution is -0.143. The van der Waals surface area contributed by atoms with E-state index in [0.717, 1.165) is 13.0 Å². The van der Waals surface area contributed by atoms with Crippen LogP contribution in [0.5, 0.6) is 0 Å². The van der Waals surface area contributed by atoms with Gasteiger partial charge in [-0.25, -0.2) is 4.79 Å². The lowest BCUT2D eigenvalue weighted by atomic mass is 10.1. The summed E-state index contributed by atoms with van der Waals surface area (Å²) in [5, 5.41) is 11.0. The van der Waals surface area contributed by atoms with Gasteiger partial charge in [-0.1, -0.05) is 51.9 Å². The van der Waals surface area contributed by atoms with Crippen LogP contribution in [0.25, 0.3) is 0 Å². The highest BCUT2D eigenvalue weighted by atomic mass is 16.6. The lowest BCUT2D eigenvalue weighted by Gasteiger charge is -2.09. The predicted molar refractivity (Wildman–Crippen MR) is 171 cm³/mol. The van der Waals surface area contributed by atoms with Crippen LogP contribution in [0.15, 0.2) is 0 Å². The molecule has 0 aliphatic rings. The van der Waals surface area contributed by atoms with Gasteiger partial charge in [0.1, 0.15) is 13.2 Å². The number of unbranched alkanes of at least 4 members (excludes halogenated alkanes) is 7. The average molecular weight is 670 g/mol. The van der Waals surface area contributed by atoms with Crippen LogP contribution < -0.4 is 5.32 Å². The fourth-order valence-corrected chi connectivity index (χ4v) is 3.74. The Morgan fingerprint density at radius 1 is 0.413 bits per heavy atom. The van der Waals surface area contributed by atoms with Gasteiger partial charge in [-0.2, -0.15) is 0 Å². The molecule has 14 heteroatoms. The Hall–Kier alpha value is -1.46. The van der Waals surface area contributed by atoms with Gasteiger partial charge < -0.3 is 57.8 Å². The van der Waals surface area contributed by atoms with Gasteiger partial charge in [-0.3, -0.25) is 4.79 Å². The summed E-state index contributed by atoms with van der Waals surface area (Å²) in [5.74, 6) is -1.51. The number of carbonyl (C=O) groups excluding carboxylic acids is 1. The molecule has 0 aliphatic carbocycles. The van der Waals surface area contributed by atoms with E-state index in [4.69, 9.17) is 47.7 Å². The fraction of sp³-hybridized carbons (Fsp3) is 0.938. The molecule has 0 unspecified atom stereocenters. The number of carboxylic acids is 1. The highest BCUT2D eigenvalue weighted by Crippen LogP contribution is 2.08. The molecule has 46 heavy (non-hydrogen) atoms. The summed E-state index contributed by atoms with van der Waals surface area (Å²) in [7, 11) is 0. The Bertz CT molecular complexity index is 631. The third kappa shape index (κ3) is 40.6. The summed E-state index contributed by atoms with van der Waals surface area (Å²) >= 11 is 0. The summed E-state index contributed by atoms with van der Waals surface area (Å²) in [6, 6.07) is 0. The number of ether oxygens (including phenoxy) is 10. The second-order valence-electron chi connectivity index (χ2n) is 10.2. The standard InChI is InChI=1S/C32H63NO13/c1-2-3-4-5-6-7-8-9-11-37-13-15-39-17-19-41-21-23-43-25-27-45-28-26-44-24-22-42-20-18-40-16-14-38-12-10-33-31(34)29-46-30-32(35)36/h2-30H2,1H3,(H,33,34)(H,35,36). The zero-order chi connectivity index (χ0) is 33.4. The highest BCUT2D eigenvalue weighted by molar-refractivity contribution is 5.77. The van der Waals surface area contributed by atoms with Crippen molar-refractivity contribution in [3.63, 3.8) is 0 Å². The van der Waals surface area contributed by atoms with Crippen molar-refractivity contribution < 1.29 is 62.1 Å². The zero-order valence-electron chi connectivity index (χ0n) is 28.4. The van der Waals surface area contributed by atoms with Gasteiger partial charge in [0.05, 0.1) is 112 Å². The first-order valence-corrected chi connectivity index (χ1v) is 16.9. The number of carboxylic acid groups (broad SMARTS) is 1. The Balaban J connectivity index is 3.08. The minimum atomic E-state index is -1.12. The van der Waals surface area contributed by atoms with Crippen molar-refractivity contribution >= 4 is 11.9 Å². The average Bonchev–Trinajstić information content (AvgIpc) is 3.04. The second-order valence-corrected chi connectivity index (χ2v) is 10.2. The summed E-state index contributed by atoms with van der Waals surface area (Å²) < 4.78 is 53.9. The van der Waals surface area contributed by atoms with Crippen molar-refractivity contribution in [2.24, 2.45) is 0 Å². The molecule has 0 heterocycles. The van der Waals surface area contributed by atoms with Crippen LogP contribution in [0.2, 0.25) is 0 Å². The number of amides is 1. The minimum absolute atomic E-state index is 0.297. The summed E-state index contributed by atoms with van der Waals surface area (Å²) in [4.78, 5) is 21.6. The van der Waals surface area contributed by atoms with E-state index in [0.29, 0.717) is 119 Å². The molecule has 0 saturated carbocycles. The summed E-state index contributed by atoms with van der Waals surface area (Å²) in [6.07, 6.45) is 10.5. The van der Waals surface area contributed by atoms with E-state index in [1.807, 2.05) is 0 Å². The number of rotatable bonds is 40. The van der Waals surface area contributed by atoms with Crippen LogP contribution in [0.3, 0.4) is 0 Å². The molecular formula is C32H63NO13. The number of aliphatic carboxylic acids is 1. The zero-order valence-corrected chi connectivity index (χ0v) is 28.4. The molecular weight excluding hydrogens is 606 g/mol. The second kappa shape index (κ2) is 39.7. The third-order valence-corrected chi connectivity index (χ3v) is 6.15. The maximum atomic E-state index is 11.4. The van der Waals surface area contributed by atoms with Crippen LogP contribution in [0.1, 0.15) is 58.3 Å². The molecule has 0 rings (SSSR count). The minimum Gasteiger partial charge on any atom is -0.480 e. The van der Waals surface area contributed by atoms with E-state index >= 15 is 0 Å². The molecule has 0 atom stereocenters. The molecule has 0 saturated heterocycles. The van der Waals surface area contributed by atoms with Gasteiger partial charge in [-0.05, 0) is 6.42 Å². The molecule has 0 spiro atoms. The van der Waals surface area contributed by atoms with Gasteiger partial charge in [0.25, 0.3) is 0 Å². The number of hydrogen-bond acceptors (Lipinski definition) is 12. The van der Waals surface area contributed by atoms with Crippen molar-refractivity contribution in [3.8, 4) is 0 Å². The van der Waals surface area contributed by atoms with E-state index in [1.54, 1.807) is 0 Å². The molecule has 1 amide bonds. The number of hydrogen-bond donors (Lipinski definition) is 2. The molecule has 14 nitrogen and oxygen atoms in total. The lowest BCUT2D eigenvalue weighted by Crippen LogP contribution is -2.31. The summed E-state index contributed by atoms with van der Waals surface area (Å²) in [6.45, 7) is 10.9. The van der Waals surface area contributed by atoms with Gasteiger partial charge in [0.2, 0.25) is 5.91 Å². The van der Waals surface area contributed by atoms with Crippen molar-refractivity contribution in [1.82, 2.24) is 5.32 Å². The normalized spacial score (nSPS) is 11.3. The van der Waals surface area contributed by atoms with E-state index in [2.05, 4.69) is 17.0 Å². The van der Waals surface area contributed by atoms with E-state index < -0.39 is 18.5 Å². The smallest absolute Gasteiger partial charge is 0.329 e. The third-order valence-electron chi connectivity index (χ3n) is 6.15. The van der Waals surface area contributed by atoms with E-state index in [9.17, 15) is 9.59 Å². The van der Waals surface area contributed by atoms with Crippen LogP contribution >= 0.6 is 0 Å². The Kier molecular flexibility index (Phi) is 38.5. The largest absolute Gasteiger partial charge is 0.480 e. The van der Waals surface area contributed by atoms with Crippen molar-refractivity contribution in [2.75, 3.05) is 139 Å². The summed E-state index contributed by atoms with van der Waals surface area (Å²) in [5.41, 5.74) is 0. The number of carbonyl (C=O) groups is 2. The Morgan fingerprint density at radius 2 is 0.739 bits per heavy atom. The SMILES string of the molecule is CCCCCCCCCCOCCOCCOCCOCCOCCOCCOCCOCCOCCNC(=O)COCC(=O)O. The van der Waals surface area contributed by atoms with E-state index in [-0.39, 0.29) is 6.61 Å². The first-order chi connectivity index (χ1) is 22.7. The van der Waals surface area contributed by atoms with Crippen LogP contribution in [-0.4, -0.2) is 156 Å². The molecule has 0 aliphatic heterocycles. The maximum Gasteiger partial charge on any atom is 0.329 e. The molecule has 0 fully saturated rings. The predicted octanol–water partition coefficient (Wildman–Crippen LogP) is 2.49. The Labute approximate surface area is 276 Å². The quantitative estimate of drug-likeness (QED) is 0.0918. The van der Waals surface area contributed by atoms with Gasteiger partial charge in [0, 0.05) is 13.2 Å². The van der Waals surface area contributed by atoms with Crippen LogP contribution in [0, 0.1) is 0 Å². The molecule has 0 radical (unpaired) electrons. The van der Waals surface area contributed by atoms with Crippen molar-refractivity contribution in [3.05, 3.63) is 0 Å². The monoisotopic (exact) mass is 669 g/mol. The highest BCUT2D eigenvalue weighted by Gasteiger charge is 2.03. The molecule has 0 bridgehead atoms. The maximum absolute atomic E-state index is 11.4. The fourth-order valence-electron chi connectivity index (χ4n) is 3.74. The van der Waals surface area contributed by atoms with Gasteiger partial charge >= 0.3 is 5.97 Å². The molecule has 0 aromatic carbocycles. The first-order valence-electron chi connectivity index (χ1n) is 16.9. The molecule has 2 N–H and O–H groups in total.